The Balaban J connectivity index is 1.09. The summed E-state index contributed by atoms with van der Waals surface area (Å²) in [5.41, 5.74) is 0.597. The van der Waals surface area contributed by atoms with Gasteiger partial charge in [0.05, 0.1) is 4.90 Å². The fraction of sp³-hybridized carbons (Fsp3) is 0.440. The Kier molecular flexibility index (Phi) is 6.41. The maximum absolute atomic E-state index is 12.7. The molecule has 2 aromatic rings. The Morgan fingerprint density at radius 3 is 2.29 bits per heavy atom. The lowest BCUT2D eigenvalue weighted by Crippen LogP contribution is -2.50. The molecular formula is C25H29N3O6S. The highest BCUT2D eigenvalue weighted by Gasteiger charge is 2.44. The molecule has 3 aliphatic rings. The largest absolute Gasteiger partial charge is 0.448 e. The molecule has 1 N–H and O–H groups in total. The normalized spacial score (nSPS) is 19.1. The highest BCUT2D eigenvalue weighted by atomic mass is 32.2. The van der Waals surface area contributed by atoms with Gasteiger partial charge in [-0.15, -0.1) is 0 Å². The fourth-order valence-corrected chi connectivity index (χ4v) is 6.25. The second-order valence-corrected chi connectivity index (χ2v) is 11.1. The molecule has 2 heterocycles. The Morgan fingerprint density at radius 1 is 0.886 bits per heavy atom. The molecule has 0 aromatic heterocycles. The number of sulfonamides is 1. The van der Waals surface area contributed by atoms with Crippen molar-refractivity contribution in [3.63, 3.8) is 0 Å². The van der Waals surface area contributed by atoms with Crippen LogP contribution in [-0.2, 0) is 19.6 Å². The third kappa shape index (κ3) is 4.99. The van der Waals surface area contributed by atoms with Crippen molar-refractivity contribution in [2.75, 3.05) is 31.5 Å². The van der Waals surface area contributed by atoms with Gasteiger partial charge in [0.15, 0.2) is 11.5 Å². The molecule has 2 amide bonds. The molecule has 0 radical (unpaired) electrons. The number of rotatable bonds is 6. The Labute approximate surface area is 205 Å². The zero-order valence-electron chi connectivity index (χ0n) is 19.4. The maximum Gasteiger partial charge on any atom is 0.251 e. The smallest absolute Gasteiger partial charge is 0.251 e. The molecule has 1 saturated carbocycles. The molecule has 186 valence electrons. The molecule has 2 aromatic carbocycles. The average molecular weight is 500 g/mol. The molecule has 35 heavy (non-hydrogen) atoms. The number of ether oxygens (including phenoxy) is 2. The van der Waals surface area contributed by atoms with Crippen molar-refractivity contribution in [3.05, 3.63) is 48.5 Å². The number of hydrogen-bond donors (Lipinski definition) is 1. The lowest BCUT2D eigenvalue weighted by atomic mass is 10.2. The number of hydrogen-bond acceptors (Lipinski definition) is 6. The molecule has 9 nitrogen and oxygen atoms in total. The number of carbonyl (C=O) groups excluding carboxylic acids is 2. The Hall–Kier alpha value is -3.11. The molecule has 5 rings (SSSR count). The predicted octanol–water partition coefficient (Wildman–Crippen LogP) is 2.98. The van der Waals surface area contributed by atoms with Gasteiger partial charge in [-0.25, -0.2) is 8.42 Å². The van der Waals surface area contributed by atoms with E-state index in [0.717, 1.165) is 25.7 Å². The SMILES string of the molecule is O=C(CCC(=O)N1CCN(S(=O)(=O)c2ccccc2)CC1)Nc1ccc2c(c1)OC1(CCCC1)O2. The van der Waals surface area contributed by atoms with E-state index in [1.54, 1.807) is 53.4 Å². The number of fused-ring (bicyclic) bond motifs is 1. The summed E-state index contributed by atoms with van der Waals surface area (Å²) in [6.45, 7) is 1.06. The number of amides is 2. The van der Waals surface area contributed by atoms with Crippen LogP contribution in [-0.4, -0.2) is 61.4 Å². The van der Waals surface area contributed by atoms with Crippen LogP contribution in [0.5, 0.6) is 11.5 Å². The van der Waals surface area contributed by atoms with Crippen molar-refractivity contribution >= 4 is 27.5 Å². The van der Waals surface area contributed by atoms with Gasteiger partial charge in [-0.2, -0.15) is 4.31 Å². The first-order valence-corrected chi connectivity index (χ1v) is 13.4. The Bertz CT molecular complexity index is 1200. The van der Waals surface area contributed by atoms with Gasteiger partial charge < -0.3 is 19.7 Å². The van der Waals surface area contributed by atoms with Gasteiger partial charge in [-0.3, -0.25) is 9.59 Å². The molecule has 0 unspecified atom stereocenters. The number of anilines is 1. The first kappa shape index (κ1) is 23.6. The van der Waals surface area contributed by atoms with Crippen LogP contribution in [0.25, 0.3) is 0 Å². The van der Waals surface area contributed by atoms with Crippen molar-refractivity contribution in [2.45, 2.75) is 49.2 Å². The van der Waals surface area contributed by atoms with Gasteiger partial charge in [-0.05, 0) is 37.1 Å². The Morgan fingerprint density at radius 2 is 1.57 bits per heavy atom. The molecule has 1 spiro atoms. The third-order valence-corrected chi connectivity index (χ3v) is 8.64. The van der Waals surface area contributed by atoms with Crippen LogP contribution < -0.4 is 14.8 Å². The van der Waals surface area contributed by atoms with E-state index in [2.05, 4.69) is 5.32 Å². The highest BCUT2D eigenvalue weighted by Crippen LogP contribution is 2.47. The molecule has 0 atom stereocenters. The lowest BCUT2D eigenvalue weighted by molar-refractivity contribution is -0.133. The van der Waals surface area contributed by atoms with E-state index in [1.165, 1.54) is 4.31 Å². The molecule has 0 bridgehead atoms. The van der Waals surface area contributed by atoms with Gasteiger partial charge in [0.1, 0.15) is 0 Å². The molecule has 1 saturated heterocycles. The van der Waals surface area contributed by atoms with Gasteiger partial charge in [0.2, 0.25) is 21.8 Å². The summed E-state index contributed by atoms with van der Waals surface area (Å²) in [4.78, 5) is 26.9. The minimum atomic E-state index is -3.57. The highest BCUT2D eigenvalue weighted by molar-refractivity contribution is 7.89. The zero-order chi connectivity index (χ0) is 24.5. The van der Waals surface area contributed by atoms with E-state index >= 15 is 0 Å². The van der Waals surface area contributed by atoms with E-state index in [1.807, 2.05) is 0 Å². The summed E-state index contributed by atoms with van der Waals surface area (Å²) in [6, 6.07) is 13.6. The summed E-state index contributed by atoms with van der Waals surface area (Å²) in [6.07, 6.45) is 3.97. The first-order chi connectivity index (χ1) is 16.8. The monoisotopic (exact) mass is 499 g/mol. The molecular weight excluding hydrogens is 470 g/mol. The molecule has 2 fully saturated rings. The van der Waals surface area contributed by atoms with Gasteiger partial charge in [-0.1, -0.05) is 18.2 Å². The van der Waals surface area contributed by atoms with Crippen LogP contribution in [0, 0.1) is 0 Å². The average Bonchev–Trinajstić information content (AvgIpc) is 3.48. The van der Waals surface area contributed by atoms with Crippen LogP contribution in [0.15, 0.2) is 53.4 Å². The third-order valence-electron chi connectivity index (χ3n) is 6.72. The fourth-order valence-electron chi connectivity index (χ4n) is 4.81. The summed E-state index contributed by atoms with van der Waals surface area (Å²) >= 11 is 0. The molecule has 2 aliphatic heterocycles. The van der Waals surface area contributed by atoms with Crippen LogP contribution in [0.2, 0.25) is 0 Å². The van der Waals surface area contributed by atoms with Crippen molar-refractivity contribution in [2.24, 2.45) is 0 Å². The summed E-state index contributed by atoms with van der Waals surface area (Å²) < 4.78 is 38.9. The van der Waals surface area contributed by atoms with Crippen molar-refractivity contribution < 1.29 is 27.5 Å². The maximum atomic E-state index is 12.7. The number of piperazine rings is 1. The second-order valence-electron chi connectivity index (χ2n) is 9.13. The van der Waals surface area contributed by atoms with E-state index < -0.39 is 15.8 Å². The van der Waals surface area contributed by atoms with Crippen molar-refractivity contribution in [1.29, 1.82) is 0 Å². The van der Waals surface area contributed by atoms with Crippen LogP contribution in [0.3, 0.4) is 0 Å². The zero-order valence-corrected chi connectivity index (χ0v) is 20.3. The predicted molar refractivity (Wildman–Crippen MR) is 129 cm³/mol. The van der Waals surface area contributed by atoms with Gasteiger partial charge in [0.25, 0.3) is 5.79 Å². The minimum absolute atomic E-state index is 0.0414. The van der Waals surface area contributed by atoms with Crippen LogP contribution in [0.1, 0.15) is 38.5 Å². The first-order valence-electron chi connectivity index (χ1n) is 12.0. The van der Waals surface area contributed by atoms with Gasteiger partial charge >= 0.3 is 0 Å². The molecule has 1 aliphatic carbocycles. The topological polar surface area (TPSA) is 105 Å². The van der Waals surface area contributed by atoms with E-state index in [9.17, 15) is 18.0 Å². The minimum Gasteiger partial charge on any atom is -0.448 e. The van der Waals surface area contributed by atoms with Crippen molar-refractivity contribution in [3.8, 4) is 11.5 Å². The number of nitrogens with zero attached hydrogens (tertiary/aromatic N) is 2. The van der Waals surface area contributed by atoms with Crippen LogP contribution in [0.4, 0.5) is 5.69 Å². The number of benzene rings is 2. The van der Waals surface area contributed by atoms with Crippen molar-refractivity contribution in [1.82, 2.24) is 9.21 Å². The standard InChI is InChI=1S/C25H29N3O6S/c29-23(26-19-8-9-21-22(18-19)34-25(33-21)12-4-5-13-25)10-11-24(30)27-14-16-28(17-15-27)35(31,32)20-6-2-1-3-7-20/h1-3,6-9,18H,4-5,10-17H2,(H,26,29). The van der Waals surface area contributed by atoms with Gasteiger partial charge in [0, 0.05) is 63.6 Å². The lowest BCUT2D eigenvalue weighted by Gasteiger charge is -2.34. The summed E-state index contributed by atoms with van der Waals surface area (Å²) in [5.74, 6) is 0.337. The molecule has 10 heteroatoms. The van der Waals surface area contributed by atoms with E-state index in [0.29, 0.717) is 30.3 Å². The van der Waals surface area contributed by atoms with E-state index in [4.69, 9.17) is 9.47 Å². The second kappa shape index (κ2) is 9.50. The summed E-state index contributed by atoms with van der Waals surface area (Å²) in [5, 5.41) is 2.82. The number of carbonyl (C=O) groups is 2. The number of nitrogens with one attached hydrogen (secondary N) is 1. The summed E-state index contributed by atoms with van der Waals surface area (Å²) in [7, 11) is -3.57. The quantitative estimate of drug-likeness (QED) is 0.655. The van der Waals surface area contributed by atoms with Crippen LogP contribution >= 0.6 is 0 Å². The van der Waals surface area contributed by atoms with E-state index in [-0.39, 0.29) is 42.6 Å².